The van der Waals surface area contributed by atoms with Gasteiger partial charge in [0.15, 0.2) is 5.78 Å². The molecule has 0 fully saturated rings. The molecule has 0 amide bonds. The number of Topliss-reactive ketones (excluding diaryl/α,β-unsaturated/α-hetero) is 1. The lowest BCUT2D eigenvalue weighted by atomic mass is 10.2. The van der Waals surface area contributed by atoms with E-state index in [0.717, 1.165) is 0 Å². The van der Waals surface area contributed by atoms with E-state index in [2.05, 4.69) is 14.9 Å². The maximum atomic E-state index is 12.0. The molecule has 0 bridgehead atoms. The number of nitrogens with one attached hydrogen (secondary N) is 2. The number of sulfonamides is 1. The van der Waals surface area contributed by atoms with Crippen molar-refractivity contribution in [3.8, 4) is 0 Å². The fourth-order valence-electron chi connectivity index (χ4n) is 1.40. The van der Waals surface area contributed by atoms with Crippen LogP contribution < -0.4 is 4.72 Å². The molecular weight excluding hydrogens is 254 g/mol. The molecule has 0 aliphatic rings. The molecule has 18 heavy (non-hydrogen) atoms. The average Bonchev–Trinajstić information content (AvgIpc) is 2.81. The minimum absolute atomic E-state index is 0.0383. The molecule has 0 saturated carbocycles. The van der Waals surface area contributed by atoms with Crippen molar-refractivity contribution in [3.05, 3.63) is 42.2 Å². The van der Waals surface area contributed by atoms with E-state index in [9.17, 15) is 13.2 Å². The quantitative estimate of drug-likeness (QED) is 0.817. The zero-order valence-electron chi connectivity index (χ0n) is 9.54. The number of carbonyl (C=O) groups excluding carboxylic acids is 1. The molecule has 0 unspecified atom stereocenters. The number of H-pyrrole nitrogens is 1. The predicted molar refractivity (Wildman–Crippen MR) is 65.8 cm³/mol. The topological polar surface area (TPSA) is 91.9 Å². The Morgan fingerprint density at radius 2 is 2.17 bits per heavy atom. The summed E-state index contributed by atoms with van der Waals surface area (Å²) in [6.07, 6.45) is 2.78. The van der Waals surface area contributed by atoms with E-state index in [4.69, 9.17) is 0 Å². The van der Waals surface area contributed by atoms with Crippen LogP contribution in [-0.2, 0) is 10.0 Å². The smallest absolute Gasteiger partial charge is 0.262 e. The van der Waals surface area contributed by atoms with E-state index >= 15 is 0 Å². The summed E-state index contributed by atoms with van der Waals surface area (Å²) in [5, 5.41) is 6.14. The average molecular weight is 265 g/mol. The molecule has 0 radical (unpaired) electrons. The third-order valence-electron chi connectivity index (χ3n) is 2.30. The summed E-state index contributed by atoms with van der Waals surface area (Å²) in [4.78, 5) is 11.2. The van der Waals surface area contributed by atoms with Gasteiger partial charge in [-0.15, -0.1) is 0 Å². The molecule has 0 aliphatic carbocycles. The van der Waals surface area contributed by atoms with Crippen molar-refractivity contribution in [1.29, 1.82) is 0 Å². The van der Waals surface area contributed by atoms with Crippen molar-refractivity contribution in [2.75, 3.05) is 4.72 Å². The van der Waals surface area contributed by atoms with Gasteiger partial charge in [0, 0.05) is 11.8 Å². The van der Waals surface area contributed by atoms with Crippen molar-refractivity contribution in [3.63, 3.8) is 0 Å². The molecule has 2 aromatic rings. The van der Waals surface area contributed by atoms with Crippen LogP contribution in [0.15, 0.2) is 41.6 Å². The molecule has 1 aromatic carbocycles. The Hall–Kier alpha value is -2.15. The second-order valence-electron chi connectivity index (χ2n) is 3.68. The third kappa shape index (κ3) is 2.57. The van der Waals surface area contributed by atoms with Gasteiger partial charge in [-0.2, -0.15) is 5.10 Å². The standard InChI is InChI=1S/C11H11N3O3S/c1-8(15)9-3-2-4-11(5-9)18(16,17)14-10-6-12-13-7-10/h2-7,14H,1H3,(H,12,13). The Labute approximate surface area is 104 Å². The van der Waals surface area contributed by atoms with Gasteiger partial charge in [-0.3, -0.25) is 14.6 Å². The number of carbonyl (C=O) groups is 1. The summed E-state index contributed by atoms with van der Waals surface area (Å²) >= 11 is 0. The molecule has 6 nitrogen and oxygen atoms in total. The molecule has 94 valence electrons. The Bertz CT molecular complexity index is 663. The number of benzene rings is 1. The van der Waals surface area contributed by atoms with Crippen molar-refractivity contribution < 1.29 is 13.2 Å². The van der Waals surface area contributed by atoms with Crippen molar-refractivity contribution in [2.24, 2.45) is 0 Å². The van der Waals surface area contributed by atoms with Gasteiger partial charge in [0.25, 0.3) is 10.0 Å². The summed E-state index contributed by atoms with van der Waals surface area (Å²) in [6, 6.07) is 5.86. The van der Waals surface area contributed by atoms with Crippen molar-refractivity contribution in [2.45, 2.75) is 11.8 Å². The van der Waals surface area contributed by atoms with Gasteiger partial charge in [0.1, 0.15) is 0 Å². The number of nitrogens with zero attached hydrogens (tertiary/aromatic N) is 1. The van der Waals surface area contributed by atoms with Crippen LogP contribution in [-0.4, -0.2) is 24.4 Å². The van der Waals surface area contributed by atoms with Gasteiger partial charge in [-0.1, -0.05) is 12.1 Å². The maximum Gasteiger partial charge on any atom is 0.262 e. The highest BCUT2D eigenvalue weighted by Crippen LogP contribution is 2.16. The number of aromatic amines is 1. The lowest BCUT2D eigenvalue weighted by Gasteiger charge is -2.06. The number of anilines is 1. The zero-order valence-corrected chi connectivity index (χ0v) is 10.4. The summed E-state index contributed by atoms with van der Waals surface area (Å²) in [6.45, 7) is 1.38. The van der Waals surface area contributed by atoms with Gasteiger partial charge in [0.2, 0.25) is 0 Å². The first-order chi connectivity index (χ1) is 8.49. The number of hydrogen-bond donors (Lipinski definition) is 2. The van der Waals surface area contributed by atoms with Crippen molar-refractivity contribution in [1.82, 2.24) is 10.2 Å². The Balaban J connectivity index is 2.35. The number of rotatable bonds is 4. The van der Waals surface area contributed by atoms with Crippen LogP contribution in [0.1, 0.15) is 17.3 Å². The predicted octanol–water partition coefficient (Wildman–Crippen LogP) is 1.41. The Kier molecular flexibility index (Phi) is 3.15. The summed E-state index contributed by atoms with van der Waals surface area (Å²) in [5.41, 5.74) is 0.688. The van der Waals surface area contributed by atoms with Gasteiger partial charge in [-0.05, 0) is 19.1 Å². The van der Waals surface area contributed by atoms with Gasteiger partial charge in [0.05, 0.1) is 16.8 Å². The Morgan fingerprint density at radius 1 is 1.39 bits per heavy atom. The number of aromatic nitrogens is 2. The first kappa shape index (κ1) is 12.3. The van der Waals surface area contributed by atoms with Crippen LogP contribution in [0.4, 0.5) is 5.69 Å². The second kappa shape index (κ2) is 4.61. The molecular formula is C11H11N3O3S. The number of hydrogen-bond acceptors (Lipinski definition) is 4. The second-order valence-corrected chi connectivity index (χ2v) is 5.36. The molecule has 0 atom stereocenters. The van der Waals surface area contributed by atoms with Gasteiger partial charge >= 0.3 is 0 Å². The first-order valence-electron chi connectivity index (χ1n) is 5.11. The lowest BCUT2D eigenvalue weighted by Crippen LogP contribution is -2.13. The van der Waals surface area contributed by atoms with E-state index in [1.807, 2.05) is 0 Å². The highest BCUT2D eigenvalue weighted by molar-refractivity contribution is 7.92. The molecule has 1 heterocycles. The highest BCUT2D eigenvalue weighted by Gasteiger charge is 2.15. The molecule has 1 aromatic heterocycles. The minimum Gasteiger partial charge on any atom is -0.295 e. The van der Waals surface area contributed by atoms with Crippen LogP contribution in [0.25, 0.3) is 0 Å². The van der Waals surface area contributed by atoms with Crippen LogP contribution in [0.5, 0.6) is 0 Å². The zero-order chi connectivity index (χ0) is 13.2. The number of ketones is 1. The van der Waals surface area contributed by atoms with E-state index in [1.54, 1.807) is 6.07 Å². The van der Waals surface area contributed by atoms with Gasteiger partial charge in [-0.25, -0.2) is 8.42 Å². The minimum atomic E-state index is -3.70. The largest absolute Gasteiger partial charge is 0.295 e. The Morgan fingerprint density at radius 3 is 2.78 bits per heavy atom. The van der Waals surface area contributed by atoms with Crippen LogP contribution in [0.2, 0.25) is 0 Å². The van der Waals surface area contributed by atoms with Crippen LogP contribution in [0.3, 0.4) is 0 Å². The molecule has 0 spiro atoms. The van der Waals surface area contributed by atoms with E-state index in [-0.39, 0.29) is 10.7 Å². The monoisotopic (exact) mass is 265 g/mol. The lowest BCUT2D eigenvalue weighted by molar-refractivity contribution is 0.101. The fourth-order valence-corrected chi connectivity index (χ4v) is 2.48. The first-order valence-corrected chi connectivity index (χ1v) is 6.60. The summed E-state index contributed by atoms with van der Waals surface area (Å²) in [5.74, 6) is -0.185. The van der Waals surface area contributed by atoms with Crippen LogP contribution in [0, 0.1) is 0 Å². The SMILES string of the molecule is CC(=O)c1cccc(S(=O)(=O)Nc2cn[nH]c2)c1. The maximum absolute atomic E-state index is 12.0. The third-order valence-corrected chi connectivity index (χ3v) is 3.68. The molecule has 0 aliphatic heterocycles. The van der Waals surface area contributed by atoms with Crippen molar-refractivity contribution >= 4 is 21.5 Å². The molecule has 2 N–H and O–H groups in total. The van der Waals surface area contributed by atoms with E-state index in [1.165, 1.54) is 37.5 Å². The molecule has 2 rings (SSSR count). The molecule has 7 heteroatoms. The molecule has 0 saturated heterocycles. The normalized spacial score (nSPS) is 11.2. The summed E-state index contributed by atoms with van der Waals surface area (Å²) in [7, 11) is -3.70. The van der Waals surface area contributed by atoms with Gasteiger partial charge < -0.3 is 0 Å². The highest BCUT2D eigenvalue weighted by atomic mass is 32.2. The van der Waals surface area contributed by atoms with E-state index in [0.29, 0.717) is 11.3 Å². The van der Waals surface area contributed by atoms with Crippen LogP contribution >= 0.6 is 0 Å². The summed E-state index contributed by atoms with van der Waals surface area (Å²) < 4.78 is 26.4. The van der Waals surface area contributed by atoms with E-state index < -0.39 is 10.0 Å². The fraction of sp³-hybridized carbons (Fsp3) is 0.0909.